The first kappa shape index (κ1) is 15.2. The predicted octanol–water partition coefficient (Wildman–Crippen LogP) is 1.63. The molecule has 0 aromatic rings. The van der Waals surface area contributed by atoms with Gasteiger partial charge in [-0.05, 0) is 58.5 Å². The van der Waals surface area contributed by atoms with E-state index in [9.17, 15) is 0 Å². The molecule has 2 atom stereocenters. The molecule has 0 spiro atoms. The molecule has 2 rings (SSSR count). The van der Waals surface area contributed by atoms with Gasteiger partial charge in [0.05, 0.1) is 12.2 Å². The molecule has 2 saturated heterocycles. The van der Waals surface area contributed by atoms with E-state index in [0.717, 1.165) is 45.0 Å². The molecule has 0 aliphatic carbocycles. The molecule has 0 aromatic carbocycles. The van der Waals surface area contributed by atoms with Crippen molar-refractivity contribution in [2.45, 2.75) is 57.3 Å². The molecule has 2 N–H and O–H groups in total. The van der Waals surface area contributed by atoms with Crippen LogP contribution in [0.25, 0.3) is 0 Å². The van der Waals surface area contributed by atoms with Crippen LogP contribution in [0.5, 0.6) is 0 Å². The summed E-state index contributed by atoms with van der Waals surface area (Å²) in [6, 6.07) is 0. The maximum atomic E-state index is 6.16. The van der Waals surface area contributed by atoms with Crippen LogP contribution in [-0.4, -0.2) is 56.0 Å². The number of methoxy groups -OCH3 is 1. The highest BCUT2D eigenvalue weighted by molar-refractivity contribution is 4.99. The first-order chi connectivity index (χ1) is 9.09. The van der Waals surface area contributed by atoms with Gasteiger partial charge in [0, 0.05) is 25.8 Å². The van der Waals surface area contributed by atoms with E-state index >= 15 is 0 Å². The minimum absolute atomic E-state index is 0.162. The summed E-state index contributed by atoms with van der Waals surface area (Å²) in [5.74, 6) is 0.728. The maximum Gasteiger partial charge on any atom is 0.0568 e. The molecule has 0 amide bonds. The highest BCUT2D eigenvalue weighted by atomic mass is 16.5. The monoisotopic (exact) mass is 270 g/mol. The van der Waals surface area contributed by atoms with Crippen molar-refractivity contribution in [2.24, 2.45) is 11.7 Å². The third-order valence-corrected chi connectivity index (χ3v) is 4.87. The second-order valence-electron chi connectivity index (χ2n) is 6.48. The van der Waals surface area contributed by atoms with Gasteiger partial charge >= 0.3 is 0 Å². The number of likely N-dealkylation sites (tertiary alicyclic amines) is 1. The largest absolute Gasteiger partial charge is 0.384 e. The Morgan fingerprint density at radius 3 is 2.26 bits per heavy atom. The van der Waals surface area contributed by atoms with E-state index in [-0.39, 0.29) is 5.54 Å². The summed E-state index contributed by atoms with van der Waals surface area (Å²) in [7, 11) is 1.80. The van der Waals surface area contributed by atoms with Gasteiger partial charge in [0.1, 0.15) is 0 Å². The molecule has 19 heavy (non-hydrogen) atoms. The Bertz CT molecular complexity index is 267. The van der Waals surface area contributed by atoms with Gasteiger partial charge in [-0.15, -0.1) is 0 Å². The molecule has 112 valence electrons. The number of rotatable bonds is 4. The lowest BCUT2D eigenvalue weighted by Gasteiger charge is -2.51. The third kappa shape index (κ3) is 3.48. The van der Waals surface area contributed by atoms with Crippen LogP contribution in [-0.2, 0) is 9.47 Å². The van der Waals surface area contributed by atoms with Gasteiger partial charge < -0.3 is 15.2 Å². The Kier molecular flexibility index (Phi) is 5.23. The van der Waals surface area contributed by atoms with Crippen molar-refractivity contribution in [2.75, 3.05) is 33.4 Å². The number of ether oxygens (including phenoxy) is 2. The van der Waals surface area contributed by atoms with Gasteiger partial charge in [0.2, 0.25) is 0 Å². The smallest absolute Gasteiger partial charge is 0.0568 e. The van der Waals surface area contributed by atoms with Gasteiger partial charge in [-0.25, -0.2) is 0 Å². The van der Waals surface area contributed by atoms with Gasteiger partial charge in [-0.2, -0.15) is 0 Å². The predicted molar refractivity (Wildman–Crippen MR) is 77.2 cm³/mol. The Labute approximate surface area is 117 Å². The Morgan fingerprint density at radius 2 is 1.79 bits per heavy atom. The van der Waals surface area contributed by atoms with E-state index in [1.165, 1.54) is 12.8 Å². The summed E-state index contributed by atoms with van der Waals surface area (Å²) in [5, 5.41) is 0. The third-order valence-electron chi connectivity index (χ3n) is 4.87. The van der Waals surface area contributed by atoms with E-state index < -0.39 is 0 Å². The number of hydrogen-bond acceptors (Lipinski definition) is 4. The normalized spacial score (nSPS) is 38.5. The van der Waals surface area contributed by atoms with Gasteiger partial charge in [0.25, 0.3) is 0 Å². The van der Waals surface area contributed by atoms with Crippen molar-refractivity contribution >= 4 is 0 Å². The summed E-state index contributed by atoms with van der Waals surface area (Å²) in [4.78, 5) is 2.63. The standard InChI is InChI=1S/C15H30N2O2/c1-12-8-15(11-16,9-13(2)19-12)17-6-4-14(5-7-17)10-18-3/h12-14H,4-11,16H2,1-3H3. The molecule has 2 unspecified atom stereocenters. The van der Waals surface area contributed by atoms with Crippen LogP contribution in [0, 0.1) is 5.92 Å². The van der Waals surface area contributed by atoms with E-state index in [0.29, 0.717) is 12.2 Å². The Morgan fingerprint density at radius 1 is 1.21 bits per heavy atom. The van der Waals surface area contributed by atoms with Crippen molar-refractivity contribution in [1.29, 1.82) is 0 Å². The van der Waals surface area contributed by atoms with Crippen LogP contribution in [0.3, 0.4) is 0 Å². The summed E-state index contributed by atoms with van der Waals surface area (Å²) < 4.78 is 11.2. The van der Waals surface area contributed by atoms with Crippen LogP contribution in [0.1, 0.15) is 39.5 Å². The van der Waals surface area contributed by atoms with Crippen molar-refractivity contribution < 1.29 is 9.47 Å². The Hall–Kier alpha value is -0.160. The Balaban J connectivity index is 1.98. The highest BCUT2D eigenvalue weighted by Crippen LogP contribution is 2.36. The van der Waals surface area contributed by atoms with E-state index in [2.05, 4.69) is 18.7 Å². The summed E-state index contributed by atoms with van der Waals surface area (Å²) in [6.07, 6.45) is 5.26. The quantitative estimate of drug-likeness (QED) is 0.843. The molecule has 2 aliphatic rings. The van der Waals surface area contributed by atoms with Gasteiger partial charge in [0.15, 0.2) is 0 Å². The first-order valence-electron chi connectivity index (χ1n) is 7.69. The summed E-state index contributed by atoms with van der Waals surface area (Å²) >= 11 is 0. The molecule has 4 nitrogen and oxygen atoms in total. The summed E-state index contributed by atoms with van der Waals surface area (Å²) in [5.41, 5.74) is 6.33. The molecule has 2 aliphatic heterocycles. The van der Waals surface area contributed by atoms with Crippen molar-refractivity contribution in [3.8, 4) is 0 Å². The van der Waals surface area contributed by atoms with E-state index in [1.807, 2.05) is 0 Å². The van der Waals surface area contributed by atoms with Crippen molar-refractivity contribution in [3.05, 3.63) is 0 Å². The SMILES string of the molecule is COCC1CCN(C2(CN)CC(C)OC(C)C2)CC1. The molecule has 0 aromatic heterocycles. The number of hydrogen-bond donors (Lipinski definition) is 1. The molecule has 2 heterocycles. The van der Waals surface area contributed by atoms with E-state index in [4.69, 9.17) is 15.2 Å². The zero-order chi connectivity index (χ0) is 13.9. The molecule has 4 heteroatoms. The molecular weight excluding hydrogens is 240 g/mol. The molecule has 2 fully saturated rings. The number of nitrogens with two attached hydrogens (primary N) is 1. The lowest BCUT2D eigenvalue weighted by Crippen LogP contribution is -2.61. The van der Waals surface area contributed by atoms with Crippen molar-refractivity contribution in [1.82, 2.24) is 4.90 Å². The van der Waals surface area contributed by atoms with Crippen LogP contribution < -0.4 is 5.73 Å². The molecule has 0 bridgehead atoms. The van der Waals surface area contributed by atoms with Gasteiger partial charge in [-0.1, -0.05) is 0 Å². The second kappa shape index (κ2) is 6.53. The van der Waals surface area contributed by atoms with Crippen LogP contribution >= 0.6 is 0 Å². The first-order valence-corrected chi connectivity index (χ1v) is 7.69. The zero-order valence-corrected chi connectivity index (χ0v) is 12.7. The number of nitrogens with zero attached hydrogens (tertiary/aromatic N) is 1. The maximum absolute atomic E-state index is 6.16. The molecule has 0 saturated carbocycles. The second-order valence-corrected chi connectivity index (χ2v) is 6.48. The highest BCUT2D eigenvalue weighted by Gasteiger charge is 2.43. The topological polar surface area (TPSA) is 47.7 Å². The average Bonchev–Trinajstić information content (AvgIpc) is 2.38. The fourth-order valence-electron chi connectivity index (χ4n) is 4.01. The summed E-state index contributed by atoms with van der Waals surface area (Å²) in [6.45, 7) is 8.32. The van der Waals surface area contributed by atoms with Gasteiger partial charge in [-0.3, -0.25) is 4.90 Å². The minimum Gasteiger partial charge on any atom is -0.384 e. The van der Waals surface area contributed by atoms with Crippen LogP contribution in [0.4, 0.5) is 0 Å². The van der Waals surface area contributed by atoms with Crippen molar-refractivity contribution in [3.63, 3.8) is 0 Å². The number of piperidine rings is 1. The average molecular weight is 270 g/mol. The lowest BCUT2D eigenvalue weighted by atomic mass is 9.80. The minimum atomic E-state index is 0.162. The fourth-order valence-corrected chi connectivity index (χ4v) is 4.01. The van der Waals surface area contributed by atoms with Crippen LogP contribution in [0.15, 0.2) is 0 Å². The lowest BCUT2D eigenvalue weighted by molar-refractivity contribution is -0.110. The fraction of sp³-hybridized carbons (Fsp3) is 1.00. The molecule has 0 radical (unpaired) electrons. The van der Waals surface area contributed by atoms with E-state index in [1.54, 1.807) is 7.11 Å². The molecular formula is C15H30N2O2. The zero-order valence-electron chi connectivity index (χ0n) is 12.7. The van der Waals surface area contributed by atoms with Crippen LogP contribution in [0.2, 0.25) is 0 Å².